The molecule has 0 spiro atoms. The van der Waals surface area contributed by atoms with E-state index in [0.29, 0.717) is 21.4 Å². The zero-order valence-corrected chi connectivity index (χ0v) is 17.8. The first-order valence-electron chi connectivity index (χ1n) is 8.93. The summed E-state index contributed by atoms with van der Waals surface area (Å²) in [6, 6.07) is 14.1. The zero-order valence-electron chi connectivity index (χ0n) is 16.3. The highest BCUT2D eigenvalue weighted by atomic mass is 35.5. The first-order chi connectivity index (χ1) is 13.8. The smallest absolute Gasteiger partial charge is 0.289 e. The molecule has 7 heteroatoms. The number of carbonyl (C=O) groups excluding carboxylic acids is 2. The Balaban J connectivity index is 1.70. The van der Waals surface area contributed by atoms with Crippen LogP contribution >= 0.6 is 23.2 Å². The maximum absolute atomic E-state index is 12.7. The minimum Gasteiger partial charge on any atom is -0.451 e. The van der Waals surface area contributed by atoms with E-state index in [1.807, 2.05) is 32.0 Å². The lowest BCUT2D eigenvalue weighted by atomic mass is 10.1. The molecule has 0 aliphatic rings. The Kier molecular flexibility index (Phi) is 6.30. The van der Waals surface area contributed by atoms with Crippen LogP contribution in [-0.2, 0) is 4.79 Å². The molecule has 1 aromatic heterocycles. The molecule has 5 nitrogen and oxygen atoms in total. The molecule has 0 bridgehead atoms. The topological polar surface area (TPSA) is 62.6 Å². The van der Waals surface area contributed by atoms with E-state index in [0.717, 1.165) is 16.8 Å². The van der Waals surface area contributed by atoms with Gasteiger partial charge >= 0.3 is 0 Å². The van der Waals surface area contributed by atoms with Crippen molar-refractivity contribution in [3.8, 4) is 11.3 Å². The second-order valence-electron chi connectivity index (χ2n) is 6.74. The number of halogens is 2. The van der Waals surface area contributed by atoms with E-state index < -0.39 is 5.91 Å². The van der Waals surface area contributed by atoms with Crippen molar-refractivity contribution in [1.82, 2.24) is 4.90 Å². The lowest BCUT2D eigenvalue weighted by Crippen LogP contribution is -2.35. The fourth-order valence-electron chi connectivity index (χ4n) is 2.96. The third kappa shape index (κ3) is 4.63. The van der Waals surface area contributed by atoms with E-state index in [4.69, 9.17) is 27.6 Å². The van der Waals surface area contributed by atoms with Gasteiger partial charge in [-0.15, -0.1) is 0 Å². The van der Waals surface area contributed by atoms with E-state index in [2.05, 4.69) is 5.32 Å². The number of aryl methyl sites for hydroxylation is 2. The van der Waals surface area contributed by atoms with E-state index >= 15 is 0 Å². The van der Waals surface area contributed by atoms with Crippen molar-refractivity contribution in [3.05, 3.63) is 75.5 Å². The summed E-state index contributed by atoms with van der Waals surface area (Å²) in [6.45, 7) is 3.73. The molecule has 0 unspecified atom stereocenters. The summed E-state index contributed by atoms with van der Waals surface area (Å²) in [6.07, 6.45) is 0. The van der Waals surface area contributed by atoms with Gasteiger partial charge in [-0.3, -0.25) is 9.59 Å². The Labute approximate surface area is 179 Å². The molecule has 0 atom stereocenters. The summed E-state index contributed by atoms with van der Waals surface area (Å²) < 4.78 is 5.66. The SMILES string of the molecule is Cc1cccc(C)c1NC(=O)CN(C)C(=O)c1ccc(-c2cccc(Cl)c2Cl)o1. The van der Waals surface area contributed by atoms with Crippen LogP contribution in [0.2, 0.25) is 10.0 Å². The van der Waals surface area contributed by atoms with Crippen molar-refractivity contribution in [2.75, 3.05) is 18.9 Å². The Morgan fingerprint density at radius 1 is 1.00 bits per heavy atom. The van der Waals surface area contributed by atoms with E-state index in [-0.39, 0.29) is 18.2 Å². The Morgan fingerprint density at radius 3 is 2.34 bits per heavy atom. The molecule has 3 aromatic rings. The van der Waals surface area contributed by atoms with Crippen LogP contribution in [-0.4, -0.2) is 30.3 Å². The van der Waals surface area contributed by atoms with Gasteiger partial charge in [-0.2, -0.15) is 0 Å². The van der Waals surface area contributed by atoms with Gasteiger partial charge in [0.05, 0.1) is 16.6 Å². The van der Waals surface area contributed by atoms with Crippen LogP contribution in [0.1, 0.15) is 21.7 Å². The van der Waals surface area contributed by atoms with Crippen LogP contribution in [0, 0.1) is 13.8 Å². The fourth-order valence-corrected chi connectivity index (χ4v) is 3.35. The molecule has 0 aliphatic heterocycles. The number of hydrogen-bond acceptors (Lipinski definition) is 3. The summed E-state index contributed by atoms with van der Waals surface area (Å²) in [4.78, 5) is 26.4. The van der Waals surface area contributed by atoms with Gasteiger partial charge in [0.2, 0.25) is 5.91 Å². The highest BCUT2D eigenvalue weighted by molar-refractivity contribution is 6.43. The quantitative estimate of drug-likeness (QED) is 0.574. The second-order valence-corrected chi connectivity index (χ2v) is 7.53. The van der Waals surface area contributed by atoms with Gasteiger partial charge in [0, 0.05) is 18.3 Å². The van der Waals surface area contributed by atoms with Gasteiger partial charge in [0.1, 0.15) is 5.76 Å². The van der Waals surface area contributed by atoms with Crippen LogP contribution in [0.25, 0.3) is 11.3 Å². The van der Waals surface area contributed by atoms with Gasteiger partial charge in [-0.1, -0.05) is 47.5 Å². The number of nitrogens with one attached hydrogen (secondary N) is 1. The van der Waals surface area contributed by atoms with Gasteiger partial charge in [-0.05, 0) is 49.2 Å². The molecule has 0 saturated carbocycles. The number of benzene rings is 2. The van der Waals surface area contributed by atoms with Crippen molar-refractivity contribution in [3.63, 3.8) is 0 Å². The van der Waals surface area contributed by atoms with Crippen molar-refractivity contribution in [2.45, 2.75) is 13.8 Å². The van der Waals surface area contributed by atoms with Crippen LogP contribution in [0.3, 0.4) is 0 Å². The molecule has 3 rings (SSSR count). The Hall–Kier alpha value is -2.76. The lowest BCUT2D eigenvalue weighted by molar-refractivity contribution is -0.116. The van der Waals surface area contributed by atoms with Crippen molar-refractivity contribution in [2.24, 2.45) is 0 Å². The molecule has 0 fully saturated rings. The Morgan fingerprint density at radius 2 is 1.66 bits per heavy atom. The molecule has 150 valence electrons. The van der Waals surface area contributed by atoms with Gasteiger partial charge in [-0.25, -0.2) is 0 Å². The number of furan rings is 1. The molecule has 2 aromatic carbocycles. The number of amides is 2. The third-order valence-electron chi connectivity index (χ3n) is 4.51. The molecule has 0 aliphatic carbocycles. The number of hydrogen-bond donors (Lipinski definition) is 1. The number of anilines is 1. The van der Waals surface area contributed by atoms with Crippen molar-refractivity contribution < 1.29 is 14.0 Å². The van der Waals surface area contributed by atoms with Crippen LogP contribution in [0.4, 0.5) is 5.69 Å². The normalized spacial score (nSPS) is 10.7. The molecular weight excluding hydrogens is 411 g/mol. The molecule has 0 saturated heterocycles. The maximum atomic E-state index is 12.7. The van der Waals surface area contributed by atoms with Crippen molar-refractivity contribution in [1.29, 1.82) is 0 Å². The summed E-state index contributed by atoms with van der Waals surface area (Å²) in [5.41, 5.74) is 3.27. The minimum atomic E-state index is -0.411. The first kappa shape index (κ1) is 21.0. The molecule has 1 N–H and O–H groups in total. The average molecular weight is 431 g/mol. The first-order valence-corrected chi connectivity index (χ1v) is 9.69. The minimum absolute atomic E-state index is 0.110. The van der Waals surface area contributed by atoms with Gasteiger partial charge in [0.25, 0.3) is 5.91 Å². The highest BCUT2D eigenvalue weighted by Crippen LogP contribution is 2.34. The Bertz CT molecular complexity index is 1060. The number of carbonyl (C=O) groups is 2. The summed E-state index contributed by atoms with van der Waals surface area (Å²) in [7, 11) is 1.54. The number of rotatable bonds is 5. The largest absolute Gasteiger partial charge is 0.451 e. The van der Waals surface area contributed by atoms with Gasteiger partial charge in [0.15, 0.2) is 5.76 Å². The number of para-hydroxylation sites is 1. The molecule has 29 heavy (non-hydrogen) atoms. The monoisotopic (exact) mass is 430 g/mol. The van der Waals surface area contributed by atoms with E-state index in [1.54, 1.807) is 37.4 Å². The summed E-state index contributed by atoms with van der Waals surface area (Å²) in [5, 5.41) is 3.61. The highest BCUT2D eigenvalue weighted by Gasteiger charge is 2.20. The molecule has 0 radical (unpaired) electrons. The lowest BCUT2D eigenvalue weighted by Gasteiger charge is -2.17. The zero-order chi connectivity index (χ0) is 21.1. The van der Waals surface area contributed by atoms with E-state index in [1.165, 1.54) is 4.90 Å². The van der Waals surface area contributed by atoms with Gasteiger partial charge < -0.3 is 14.6 Å². The number of nitrogens with zero attached hydrogens (tertiary/aromatic N) is 1. The van der Waals surface area contributed by atoms with E-state index in [9.17, 15) is 9.59 Å². The predicted molar refractivity (Wildman–Crippen MR) is 116 cm³/mol. The summed E-state index contributed by atoms with van der Waals surface area (Å²) >= 11 is 12.2. The summed E-state index contributed by atoms with van der Waals surface area (Å²) in [5.74, 6) is -0.165. The molecular formula is C22H20Cl2N2O3. The maximum Gasteiger partial charge on any atom is 0.289 e. The predicted octanol–water partition coefficient (Wildman–Crippen LogP) is 5.58. The third-order valence-corrected chi connectivity index (χ3v) is 5.33. The number of likely N-dealkylation sites (N-methyl/N-ethyl adjacent to an activating group) is 1. The fraction of sp³-hybridized carbons (Fsp3) is 0.182. The van der Waals surface area contributed by atoms with Crippen LogP contribution < -0.4 is 5.32 Å². The second kappa shape index (κ2) is 8.72. The average Bonchev–Trinajstić information content (AvgIpc) is 3.16. The molecule has 1 heterocycles. The molecule has 2 amide bonds. The standard InChI is InChI=1S/C22H20Cl2N2O3/c1-13-6-4-7-14(2)21(13)25-19(27)12-26(3)22(28)18-11-10-17(29-18)15-8-5-9-16(23)20(15)24/h4-11H,12H2,1-3H3,(H,25,27). The van der Waals surface area contributed by atoms with Crippen molar-refractivity contribution >= 4 is 40.7 Å². The van der Waals surface area contributed by atoms with Crippen LogP contribution in [0.15, 0.2) is 52.9 Å². The van der Waals surface area contributed by atoms with Crippen LogP contribution in [0.5, 0.6) is 0 Å².